The zero-order chi connectivity index (χ0) is 13.7. The average Bonchev–Trinajstić information content (AvgIpc) is 2.43. The van der Waals surface area contributed by atoms with Gasteiger partial charge >= 0.3 is 0 Å². The fraction of sp³-hybridized carbons (Fsp3) is 0.625. The van der Waals surface area contributed by atoms with Gasteiger partial charge < -0.3 is 10.5 Å². The lowest BCUT2D eigenvalue weighted by atomic mass is 9.87. The molecule has 1 aliphatic rings. The summed E-state index contributed by atoms with van der Waals surface area (Å²) in [6.45, 7) is 9.26. The lowest BCUT2D eigenvalue weighted by Gasteiger charge is -2.36. The van der Waals surface area contributed by atoms with Crippen molar-refractivity contribution in [3.8, 4) is 5.75 Å². The number of aryl methyl sites for hydroxylation is 1. The minimum absolute atomic E-state index is 0.646. The van der Waals surface area contributed by atoms with Crippen molar-refractivity contribution in [2.75, 3.05) is 32.8 Å². The van der Waals surface area contributed by atoms with Gasteiger partial charge in [0.15, 0.2) is 0 Å². The van der Waals surface area contributed by atoms with Gasteiger partial charge in [0.2, 0.25) is 0 Å². The van der Waals surface area contributed by atoms with Gasteiger partial charge in [-0.3, -0.25) is 4.90 Å². The van der Waals surface area contributed by atoms with E-state index in [0.717, 1.165) is 37.9 Å². The average molecular weight is 262 g/mol. The van der Waals surface area contributed by atoms with E-state index >= 15 is 0 Å². The molecular formula is C16H26N2O. The number of likely N-dealkylation sites (tertiary alicyclic amines) is 1. The predicted molar refractivity (Wildman–Crippen MR) is 79.4 cm³/mol. The third kappa shape index (κ3) is 3.95. The molecule has 0 bridgehead atoms. The van der Waals surface area contributed by atoms with Crippen LogP contribution in [0.25, 0.3) is 0 Å². The van der Waals surface area contributed by atoms with E-state index in [1.165, 1.54) is 18.5 Å². The summed E-state index contributed by atoms with van der Waals surface area (Å²) < 4.78 is 5.86. The number of hydrogen-bond acceptors (Lipinski definition) is 3. The van der Waals surface area contributed by atoms with E-state index in [9.17, 15) is 0 Å². The van der Waals surface area contributed by atoms with E-state index in [-0.39, 0.29) is 0 Å². The summed E-state index contributed by atoms with van der Waals surface area (Å²) in [6.07, 6.45) is 1.26. The molecule has 0 radical (unpaired) electrons. The zero-order valence-electron chi connectivity index (χ0n) is 12.1. The Balaban J connectivity index is 1.76. The van der Waals surface area contributed by atoms with Crippen LogP contribution in [0, 0.1) is 18.8 Å². The molecule has 106 valence electrons. The summed E-state index contributed by atoms with van der Waals surface area (Å²) in [7, 11) is 0. The van der Waals surface area contributed by atoms with Crippen LogP contribution in [0.4, 0.5) is 0 Å². The topological polar surface area (TPSA) is 38.5 Å². The first-order valence-corrected chi connectivity index (χ1v) is 7.31. The third-order valence-corrected chi connectivity index (χ3v) is 4.26. The minimum atomic E-state index is 0.646. The van der Waals surface area contributed by atoms with Crippen molar-refractivity contribution in [2.24, 2.45) is 17.6 Å². The van der Waals surface area contributed by atoms with E-state index in [1.54, 1.807) is 0 Å². The summed E-state index contributed by atoms with van der Waals surface area (Å²) in [6, 6.07) is 8.19. The molecule has 1 aromatic rings. The molecule has 19 heavy (non-hydrogen) atoms. The molecule has 0 spiro atoms. The monoisotopic (exact) mass is 262 g/mol. The van der Waals surface area contributed by atoms with Crippen LogP contribution < -0.4 is 10.5 Å². The molecule has 1 aromatic carbocycles. The highest BCUT2D eigenvalue weighted by atomic mass is 16.5. The van der Waals surface area contributed by atoms with Gasteiger partial charge in [-0.15, -0.1) is 0 Å². The van der Waals surface area contributed by atoms with Crippen LogP contribution in [-0.2, 0) is 0 Å². The number of nitrogens with zero attached hydrogens (tertiary/aromatic N) is 1. The number of nitrogens with two attached hydrogens (primary N) is 1. The Bertz CT molecular complexity index is 394. The van der Waals surface area contributed by atoms with Crippen LogP contribution in [0.5, 0.6) is 5.75 Å². The Morgan fingerprint density at radius 2 is 2.16 bits per heavy atom. The van der Waals surface area contributed by atoms with Crippen LogP contribution in [0.1, 0.15) is 18.9 Å². The number of ether oxygens (including phenoxy) is 1. The van der Waals surface area contributed by atoms with Crippen molar-refractivity contribution in [3.05, 3.63) is 29.8 Å². The Labute approximate surface area is 116 Å². The lowest BCUT2D eigenvalue weighted by Crippen LogP contribution is -2.44. The quantitative estimate of drug-likeness (QED) is 0.885. The normalized spacial score (nSPS) is 24.4. The molecule has 1 heterocycles. The molecule has 2 atom stereocenters. The second-order valence-corrected chi connectivity index (χ2v) is 5.68. The molecule has 0 amide bonds. The zero-order valence-corrected chi connectivity index (χ0v) is 12.1. The van der Waals surface area contributed by atoms with Gasteiger partial charge in [-0.2, -0.15) is 0 Å². The fourth-order valence-electron chi connectivity index (χ4n) is 2.74. The van der Waals surface area contributed by atoms with Crippen molar-refractivity contribution in [1.82, 2.24) is 4.90 Å². The summed E-state index contributed by atoms with van der Waals surface area (Å²) >= 11 is 0. The second kappa shape index (κ2) is 6.92. The van der Waals surface area contributed by atoms with Gasteiger partial charge in [0.05, 0.1) is 0 Å². The summed E-state index contributed by atoms with van der Waals surface area (Å²) in [5, 5.41) is 0. The Hall–Kier alpha value is -1.06. The number of hydrogen-bond donors (Lipinski definition) is 1. The molecule has 0 aliphatic carbocycles. The maximum Gasteiger partial charge on any atom is 0.122 e. The molecule has 3 heteroatoms. The van der Waals surface area contributed by atoms with Crippen LogP contribution in [0.3, 0.4) is 0 Å². The van der Waals surface area contributed by atoms with Gasteiger partial charge in [0.25, 0.3) is 0 Å². The lowest BCUT2D eigenvalue weighted by molar-refractivity contribution is 0.114. The first-order valence-electron chi connectivity index (χ1n) is 7.31. The molecule has 1 aliphatic heterocycles. The third-order valence-electron chi connectivity index (χ3n) is 4.26. The van der Waals surface area contributed by atoms with E-state index in [4.69, 9.17) is 10.5 Å². The number of piperidine rings is 1. The molecule has 2 rings (SSSR count). The molecule has 2 unspecified atom stereocenters. The van der Waals surface area contributed by atoms with E-state index < -0.39 is 0 Å². The maximum absolute atomic E-state index is 5.86. The summed E-state index contributed by atoms with van der Waals surface area (Å²) in [5.41, 5.74) is 7.04. The smallest absolute Gasteiger partial charge is 0.122 e. The minimum Gasteiger partial charge on any atom is -0.492 e. The van der Waals surface area contributed by atoms with Crippen molar-refractivity contribution in [3.63, 3.8) is 0 Å². The summed E-state index contributed by atoms with van der Waals surface area (Å²) in [5.74, 6) is 2.41. The molecule has 0 aromatic heterocycles. The van der Waals surface area contributed by atoms with E-state index in [1.807, 2.05) is 18.2 Å². The molecule has 2 N–H and O–H groups in total. The van der Waals surface area contributed by atoms with E-state index in [0.29, 0.717) is 5.92 Å². The van der Waals surface area contributed by atoms with Crippen LogP contribution in [-0.4, -0.2) is 37.7 Å². The first-order chi connectivity index (χ1) is 9.20. The highest BCUT2D eigenvalue weighted by Crippen LogP contribution is 2.22. The number of rotatable bonds is 5. The Morgan fingerprint density at radius 3 is 2.89 bits per heavy atom. The Kier molecular flexibility index (Phi) is 5.23. The van der Waals surface area contributed by atoms with Gasteiger partial charge in [-0.25, -0.2) is 0 Å². The number of benzene rings is 1. The largest absolute Gasteiger partial charge is 0.492 e. The first kappa shape index (κ1) is 14.4. The SMILES string of the molecule is Cc1ccccc1OCCN1CCC(C)C(CN)C1. The highest BCUT2D eigenvalue weighted by molar-refractivity contribution is 5.31. The summed E-state index contributed by atoms with van der Waals surface area (Å²) in [4.78, 5) is 2.48. The van der Waals surface area contributed by atoms with E-state index in [2.05, 4.69) is 24.8 Å². The molecule has 3 nitrogen and oxygen atoms in total. The van der Waals surface area contributed by atoms with Crippen molar-refractivity contribution in [2.45, 2.75) is 20.3 Å². The van der Waals surface area contributed by atoms with Gasteiger partial charge in [0.1, 0.15) is 12.4 Å². The second-order valence-electron chi connectivity index (χ2n) is 5.68. The van der Waals surface area contributed by atoms with Gasteiger partial charge in [0, 0.05) is 13.1 Å². The van der Waals surface area contributed by atoms with Crippen LogP contribution >= 0.6 is 0 Å². The molecule has 1 saturated heterocycles. The fourth-order valence-corrected chi connectivity index (χ4v) is 2.74. The standard InChI is InChI=1S/C16H26N2O/c1-13-7-8-18(12-15(13)11-17)9-10-19-16-6-4-3-5-14(16)2/h3-6,13,15H,7-12,17H2,1-2H3. The van der Waals surface area contributed by atoms with Crippen molar-refractivity contribution >= 4 is 0 Å². The van der Waals surface area contributed by atoms with Gasteiger partial charge in [-0.1, -0.05) is 25.1 Å². The molecule has 1 fully saturated rings. The molecular weight excluding hydrogens is 236 g/mol. The van der Waals surface area contributed by atoms with Gasteiger partial charge in [-0.05, 0) is 49.9 Å². The van der Waals surface area contributed by atoms with Crippen LogP contribution in [0.15, 0.2) is 24.3 Å². The number of para-hydroxylation sites is 1. The Morgan fingerprint density at radius 1 is 1.37 bits per heavy atom. The predicted octanol–water partition coefficient (Wildman–Crippen LogP) is 2.29. The van der Waals surface area contributed by atoms with Crippen LogP contribution in [0.2, 0.25) is 0 Å². The molecule has 0 saturated carbocycles. The van der Waals surface area contributed by atoms with Crippen molar-refractivity contribution < 1.29 is 4.74 Å². The maximum atomic E-state index is 5.86. The highest BCUT2D eigenvalue weighted by Gasteiger charge is 2.24. The van der Waals surface area contributed by atoms with Crippen molar-refractivity contribution in [1.29, 1.82) is 0 Å².